The number of para-hydroxylation sites is 2. The van der Waals surface area contributed by atoms with Crippen LogP contribution in [0.15, 0.2) is 60.7 Å². The second-order valence-corrected chi connectivity index (χ2v) is 3.96. The second kappa shape index (κ2) is 6.35. The zero-order valence-electron chi connectivity index (χ0n) is 10.3. The van der Waals surface area contributed by atoms with Crippen molar-refractivity contribution in [3.63, 3.8) is 0 Å². The van der Waals surface area contributed by atoms with Crippen molar-refractivity contribution in [2.24, 2.45) is 0 Å². The molecule has 0 radical (unpaired) electrons. The Kier molecular flexibility index (Phi) is 4.29. The molecule has 0 bridgehead atoms. The Hall–Kier alpha value is -2.62. The topological polar surface area (TPSA) is 40.6 Å². The Morgan fingerprint density at radius 2 is 1.05 bits per heavy atom. The number of hydrogen-bond donors (Lipinski definition) is 0. The largest absolute Gasteiger partial charge is 0.296 e. The summed E-state index contributed by atoms with van der Waals surface area (Å²) in [6.45, 7) is 0.182. The van der Waals surface area contributed by atoms with Crippen LogP contribution >= 0.6 is 0 Å². The molecule has 0 aliphatic carbocycles. The van der Waals surface area contributed by atoms with E-state index in [2.05, 4.69) is 0 Å². The van der Waals surface area contributed by atoms with Gasteiger partial charge >= 0.3 is 0 Å². The van der Waals surface area contributed by atoms with E-state index in [9.17, 15) is 9.59 Å². The van der Waals surface area contributed by atoms with Gasteiger partial charge in [0.1, 0.15) is 6.67 Å². The molecule has 0 N–H and O–H groups in total. The molecule has 0 fully saturated rings. The molecular formula is C15H14N2O2. The number of carbonyl (C=O) groups is 2. The van der Waals surface area contributed by atoms with E-state index >= 15 is 0 Å². The first-order valence-corrected chi connectivity index (χ1v) is 5.89. The smallest absolute Gasteiger partial charge is 0.215 e. The van der Waals surface area contributed by atoms with Crippen LogP contribution in [0.2, 0.25) is 0 Å². The third kappa shape index (κ3) is 3.19. The fourth-order valence-corrected chi connectivity index (χ4v) is 1.75. The summed E-state index contributed by atoms with van der Waals surface area (Å²) in [5.74, 6) is 0. The van der Waals surface area contributed by atoms with Gasteiger partial charge in [-0.3, -0.25) is 19.4 Å². The van der Waals surface area contributed by atoms with Gasteiger partial charge in [-0.15, -0.1) is 0 Å². The minimum Gasteiger partial charge on any atom is -0.296 e. The van der Waals surface area contributed by atoms with E-state index in [-0.39, 0.29) is 6.67 Å². The molecule has 2 rings (SSSR count). The fraction of sp³-hybridized carbons (Fsp3) is 0.0667. The molecule has 4 nitrogen and oxygen atoms in total. The van der Waals surface area contributed by atoms with Gasteiger partial charge in [0.05, 0.1) is 0 Å². The lowest BCUT2D eigenvalue weighted by Crippen LogP contribution is -2.36. The molecule has 0 unspecified atom stereocenters. The van der Waals surface area contributed by atoms with Gasteiger partial charge in [-0.1, -0.05) is 36.4 Å². The molecule has 96 valence electrons. The maximum Gasteiger partial charge on any atom is 0.215 e. The van der Waals surface area contributed by atoms with Crippen LogP contribution in [0, 0.1) is 0 Å². The van der Waals surface area contributed by atoms with E-state index in [1.165, 1.54) is 9.80 Å². The summed E-state index contributed by atoms with van der Waals surface area (Å²) < 4.78 is 0. The molecule has 0 aromatic heterocycles. The van der Waals surface area contributed by atoms with Crippen molar-refractivity contribution < 1.29 is 9.59 Å². The highest BCUT2D eigenvalue weighted by Crippen LogP contribution is 2.16. The SMILES string of the molecule is O=CN(CN(C=O)c1ccccc1)c1ccccc1. The molecule has 0 saturated carbocycles. The summed E-state index contributed by atoms with van der Waals surface area (Å²) in [6, 6.07) is 18.4. The van der Waals surface area contributed by atoms with E-state index in [1.54, 1.807) is 0 Å². The van der Waals surface area contributed by atoms with E-state index in [1.807, 2.05) is 60.7 Å². The van der Waals surface area contributed by atoms with Crippen molar-refractivity contribution >= 4 is 24.2 Å². The Bertz CT molecular complexity index is 479. The highest BCUT2D eigenvalue weighted by Gasteiger charge is 2.11. The lowest BCUT2D eigenvalue weighted by atomic mass is 10.3. The van der Waals surface area contributed by atoms with Crippen molar-refractivity contribution in [1.82, 2.24) is 0 Å². The van der Waals surface area contributed by atoms with Crippen LogP contribution in [0.25, 0.3) is 0 Å². The first-order valence-electron chi connectivity index (χ1n) is 5.89. The fourth-order valence-electron chi connectivity index (χ4n) is 1.75. The maximum absolute atomic E-state index is 11.2. The van der Waals surface area contributed by atoms with Gasteiger partial charge in [-0.2, -0.15) is 0 Å². The first kappa shape index (κ1) is 12.8. The number of rotatable bonds is 6. The van der Waals surface area contributed by atoms with E-state index in [0.29, 0.717) is 0 Å². The van der Waals surface area contributed by atoms with Crippen LogP contribution < -0.4 is 9.80 Å². The molecule has 2 aromatic carbocycles. The first-order chi connectivity index (χ1) is 9.35. The lowest BCUT2D eigenvalue weighted by Gasteiger charge is -2.25. The molecule has 2 amide bonds. The maximum atomic E-state index is 11.2. The standard InChI is InChI=1S/C15H14N2O2/c18-12-16(14-7-3-1-4-8-14)11-17(13-19)15-9-5-2-6-10-15/h1-10,12-13H,11H2. The van der Waals surface area contributed by atoms with Crippen LogP contribution in [0.4, 0.5) is 11.4 Å². The summed E-state index contributed by atoms with van der Waals surface area (Å²) >= 11 is 0. The Labute approximate surface area is 111 Å². The quantitative estimate of drug-likeness (QED) is 0.586. The molecule has 0 aliphatic heterocycles. The van der Waals surface area contributed by atoms with Crippen LogP contribution in [0.5, 0.6) is 0 Å². The van der Waals surface area contributed by atoms with Crippen molar-refractivity contribution in [1.29, 1.82) is 0 Å². The van der Waals surface area contributed by atoms with Gasteiger partial charge in [-0.25, -0.2) is 0 Å². The van der Waals surface area contributed by atoms with Gasteiger partial charge < -0.3 is 0 Å². The van der Waals surface area contributed by atoms with Crippen molar-refractivity contribution in [3.05, 3.63) is 60.7 Å². The molecule has 4 heteroatoms. The van der Waals surface area contributed by atoms with Crippen LogP contribution in [0.1, 0.15) is 0 Å². The molecule has 19 heavy (non-hydrogen) atoms. The highest BCUT2D eigenvalue weighted by molar-refractivity contribution is 5.81. The van der Waals surface area contributed by atoms with Crippen molar-refractivity contribution in [2.75, 3.05) is 16.5 Å². The van der Waals surface area contributed by atoms with Gasteiger partial charge in [0.25, 0.3) is 0 Å². The Morgan fingerprint density at radius 3 is 1.37 bits per heavy atom. The minimum absolute atomic E-state index is 0.182. The number of benzene rings is 2. The number of amides is 2. The third-order valence-electron chi connectivity index (χ3n) is 2.73. The average Bonchev–Trinajstić information content (AvgIpc) is 2.50. The Morgan fingerprint density at radius 1 is 0.684 bits per heavy atom. The zero-order chi connectivity index (χ0) is 13.5. The van der Waals surface area contributed by atoms with Crippen molar-refractivity contribution in [3.8, 4) is 0 Å². The molecule has 0 saturated heterocycles. The van der Waals surface area contributed by atoms with Gasteiger partial charge in [0.2, 0.25) is 12.8 Å². The monoisotopic (exact) mass is 254 g/mol. The van der Waals surface area contributed by atoms with Gasteiger partial charge in [-0.05, 0) is 24.3 Å². The normalized spacial score (nSPS) is 9.68. The summed E-state index contributed by atoms with van der Waals surface area (Å²) in [4.78, 5) is 25.3. The number of hydrogen-bond acceptors (Lipinski definition) is 2. The summed E-state index contributed by atoms with van der Waals surface area (Å²) in [6.07, 6.45) is 1.43. The molecule has 0 heterocycles. The molecule has 0 atom stereocenters. The van der Waals surface area contributed by atoms with Crippen LogP contribution in [-0.2, 0) is 9.59 Å². The summed E-state index contributed by atoms with van der Waals surface area (Å²) in [5, 5.41) is 0. The number of nitrogens with zero attached hydrogens (tertiary/aromatic N) is 2. The predicted octanol–water partition coefficient (Wildman–Crippen LogP) is 2.27. The molecule has 0 aliphatic rings. The van der Waals surface area contributed by atoms with E-state index in [4.69, 9.17) is 0 Å². The van der Waals surface area contributed by atoms with E-state index in [0.717, 1.165) is 24.2 Å². The second-order valence-electron chi connectivity index (χ2n) is 3.96. The highest BCUT2D eigenvalue weighted by atomic mass is 16.1. The van der Waals surface area contributed by atoms with Crippen LogP contribution in [-0.4, -0.2) is 19.5 Å². The molecular weight excluding hydrogens is 240 g/mol. The zero-order valence-corrected chi connectivity index (χ0v) is 10.3. The van der Waals surface area contributed by atoms with Gasteiger partial charge in [0, 0.05) is 11.4 Å². The average molecular weight is 254 g/mol. The Balaban J connectivity index is 2.17. The van der Waals surface area contributed by atoms with Gasteiger partial charge in [0.15, 0.2) is 0 Å². The van der Waals surface area contributed by atoms with Crippen LogP contribution in [0.3, 0.4) is 0 Å². The number of carbonyl (C=O) groups excluding carboxylic acids is 2. The van der Waals surface area contributed by atoms with Crippen molar-refractivity contribution in [2.45, 2.75) is 0 Å². The lowest BCUT2D eigenvalue weighted by molar-refractivity contribution is -0.108. The summed E-state index contributed by atoms with van der Waals surface area (Å²) in [5.41, 5.74) is 1.50. The minimum atomic E-state index is 0.182. The number of anilines is 2. The summed E-state index contributed by atoms with van der Waals surface area (Å²) in [7, 11) is 0. The third-order valence-corrected chi connectivity index (χ3v) is 2.73. The predicted molar refractivity (Wildman–Crippen MR) is 74.8 cm³/mol. The molecule has 2 aromatic rings. The molecule has 0 spiro atoms. The van der Waals surface area contributed by atoms with E-state index < -0.39 is 0 Å².